The molecule has 0 saturated heterocycles. The standard InChI is InChI=1S/C24H22N2O5S2/c1-31-21-14-19(24(27)28)12-13-20(21)26(33(29)30)22-15-25-23(32-22)18-10-8-17(9-11-18)7-6-16-4-2-3-5-16/h8-16,33H,2-5H2,1H3,(H,27,28). The number of anilines is 2. The summed E-state index contributed by atoms with van der Waals surface area (Å²) < 4.78 is 30.6. The zero-order valence-electron chi connectivity index (χ0n) is 17.9. The molecule has 1 fully saturated rings. The zero-order chi connectivity index (χ0) is 23.4. The van der Waals surface area contributed by atoms with E-state index in [4.69, 9.17) is 4.74 Å². The number of nitrogens with zero attached hydrogens (tertiary/aromatic N) is 2. The maximum atomic E-state index is 12.1. The lowest BCUT2D eigenvalue weighted by atomic mass is 10.1. The van der Waals surface area contributed by atoms with E-state index in [1.165, 1.54) is 68.5 Å². The number of carbonyl (C=O) groups is 1. The Morgan fingerprint density at radius 3 is 2.55 bits per heavy atom. The predicted molar refractivity (Wildman–Crippen MR) is 129 cm³/mol. The number of carboxylic acid groups (broad SMARTS) is 1. The first-order chi connectivity index (χ1) is 16.0. The Balaban J connectivity index is 1.60. The van der Waals surface area contributed by atoms with Gasteiger partial charge in [-0.05, 0) is 43.2 Å². The highest BCUT2D eigenvalue weighted by molar-refractivity contribution is 7.74. The van der Waals surface area contributed by atoms with Crippen molar-refractivity contribution >= 4 is 38.9 Å². The number of rotatable bonds is 6. The minimum Gasteiger partial charge on any atom is -0.495 e. The first-order valence-electron chi connectivity index (χ1n) is 10.4. The largest absolute Gasteiger partial charge is 0.495 e. The molecule has 2 aromatic carbocycles. The van der Waals surface area contributed by atoms with E-state index in [-0.39, 0.29) is 17.0 Å². The molecule has 0 spiro atoms. The zero-order valence-corrected chi connectivity index (χ0v) is 19.6. The molecule has 1 aromatic heterocycles. The lowest BCUT2D eigenvalue weighted by molar-refractivity contribution is 0.0696. The predicted octanol–water partition coefficient (Wildman–Crippen LogP) is 4.72. The average molecular weight is 483 g/mol. The van der Waals surface area contributed by atoms with Crippen molar-refractivity contribution in [1.82, 2.24) is 4.98 Å². The third-order valence-corrected chi connectivity index (χ3v) is 7.35. The van der Waals surface area contributed by atoms with Crippen LogP contribution in [-0.4, -0.2) is 31.6 Å². The van der Waals surface area contributed by atoms with Gasteiger partial charge < -0.3 is 9.84 Å². The number of benzene rings is 2. The van der Waals surface area contributed by atoms with Gasteiger partial charge in [-0.1, -0.05) is 48.2 Å². The van der Waals surface area contributed by atoms with Gasteiger partial charge in [0.05, 0.1) is 24.6 Å². The fourth-order valence-corrected chi connectivity index (χ4v) is 5.45. The molecule has 4 rings (SSSR count). The first kappa shape index (κ1) is 22.8. The summed E-state index contributed by atoms with van der Waals surface area (Å²) in [5.41, 5.74) is 2.01. The van der Waals surface area contributed by atoms with Gasteiger partial charge in [0, 0.05) is 17.0 Å². The van der Waals surface area contributed by atoms with Crippen LogP contribution in [0.3, 0.4) is 0 Å². The van der Waals surface area contributed by atoms with Crippen molar-refractivity contribution < 1.29 is 23.1 Å². The van der Waals surface area contributed by atoms with E-state index in [1.54, 1.807) is 0 Å². The number of thiol groups is 1. The maximum absolute atomic E-state index is 12.1. The molecule has 1 aliphatic rings. The summed E-state index contributed by atoms with van der Waals surface area (Å²) >= 11 is 1.21. The van der Waals surface area contributed by atoms with Gasteiger partial charge >= 0.3 is 5.97 Å². The Morgan fingerprint density at radius 1 is 1.18 bits per heavy atom. The molecule has 0 amide bonds. The number of hydrogen-bond donors (Lipinski definition) is 2. The van der Waals surface area contributed by atoms with E-state index in [2.05, 4.69) is 16.8 Å². The van der Waals surface area contributed by atoms with Crippen LogP contribution in [0.5, 0.6) is 5.75 Å². The lowest BCUT2D eigenvalue weighted by Crippen LogP contribution is -2.14. The smallest absolute Gasteiger partial charge is 0.335 e. The molecule has 0 atom stereocenters. The summed E-state index contributed by atoms with van der Waals surface area (Å²) in [7, 11) is -1.72. The molecule has 0 radical (unpaired) electrons. The lowest BCUT2D eigenvalue weighted by Gasteiger charge is -2.18. The van der Waals surface area contributed by atoms with Gasteiger partial charge in [0.2, 0.25) is 10.9 Å². The second-order valence-electron chi connectivity index (χ2n) is 7.57. The molecular formula is C24H22N2O5S2. The summed E-state index contributed by atoms with van der Waals surface area (Å²) in [5, 5.41) is 10.2. The van der Waals surface area contributed by atoms with Crippen LogP contribution in [0.4, 0.5) is 10.7 Å². The average Bonchev–Trinajstić information content (AvgIpc) is 3.51. The van der Waals surface area contributed by atoms with Crippen molar-refractivity contribution in [2.75, 3.05) is 11.4 Å². The van der Waals surface area contributed by atoms with Gasteiger partial charge in [0.15, 0.2) is 0 Å². The summed E-state index contributed by atoms with van der Waals surface area (Å²) in [4.78, 5) is 15.6. The number of ether oxygens (including phenoxy) is 1. The normalized spacial score (nSPS) is 13.5. The number of aromatic carboxylic acids is 1. The van der Waals surface area contributed by atoms with Gasteiger partial charge in [0.25, 0.3) is 0 Å². The molecule has 1 heterocycles. The fourth-order valence-electron chi connectivity index (χ4n) is 3.72. The van der Waals surface area contributed by atoms with Crippen molar-refractivity contribution in [1.29, 1.82) is 0 Å². The Morgan fingerprint density at radius 2 is 1.91 bits per heavy atom. The van der Waals surface area contributed by atoms with Crippen LogP contribution in [0.15, 0.2) is 48.7 Å². The highest BCUT2D eigenvalue weighted by atomic mass is 32.2. The molecule has 0 bridgehead atoms. The van der Waals surface area contributed by atoms with Crippen LogP contribution in [0.25, 0.3) is 10.6 Å². The van der Waals surface area contributed by atoms with E-state index in [0.29, 0.717) is 15.9 Å². The number of aromatic nitrogens is 1. The maximum Gasteiger partial charge on any atom is 0.335 e. The fraction of sp³-hybridized carbons (Fsp3) is 0.250. The topological polar surface area (TPSA) is 96.8 Å². The summed E-state index contributed by atoms with van der Waals surface area (Å²) in [6.45, 7) is 0. The second-order valence-corrected chi connectivity index (χ2v) is 9.46. The molecule has 1 N–H and O–H groups in total. The van der Waals surface area contributed by atoms with Crippen molar-refractivity contribution in [3.05, 3.63) is 59.8 Å². The van der Waals surface area contributed by atoms with E-state index < -0.39 is 16.9 Å². The van der Waals surface area contributed by atoms with Crippen molar-refractivity contribution in [3.8, 4) is 28.2 Å². The van der Waals surface area contributed by atoms with Crippen LogP contribution in [-0.2, 0) is 10.9 Å². The second kappa shape index (κ2) is 10.1. The Hall–Kier alpha value is -3.35. The highest BCUT2D eigenvalue weighted by Crippen LogP contribution is 2.39. The summed E-state index contributed by atoms with van der Waals surface area (Å²) in [6.07, 6.45) is 6.34. The molecule has 0 unspecified atom stereocenters. The van der Waals surface area contributed by atoms with Gasteiger partial charge in [-0.15, -0.1) is 0 Å². The minimum atomic E-state index is -3.08. The van der Waals surface area contributed by atoms with Crippen molar-refractivity contribution in [3.63, 3.8) is 0 Å². The summed E-state index contributed by atoms with van der Waals surface area (Å²) in [6, 6.07) is 11.8. The quantitative estimate of drug-likeness (QED) is 0.390. The van der Waals surface area contributed by atoms with E-state index in [9.17, 15) is 18.3 Å². The molecule has 7 nitrogen and oxygen atoms in total. The van der Waals surface area contributed by atoms with Gasteiger partial charge in [-0.3, -0.25) is 0 Å². The van der Waals surface area contributed by atoms with Gasteiger partial charge in [-0.25, -0.2) is 22.5 Å². The Bertz CT molecular complexity index is 1290. The van der Waals surface area contributed by atoms with Crippen LogP contribution in [0.2, 0.25) is 0 Å². The van der Waals surface area contributed by atoms with Crippen LogP contribution < -0.4 is 9.04 Å². The van der Waals surface area contributed by atoms with Crippen molar-refractivity contribution in [2.24, 2.45) is 5.92 Å². The third-order valence-electron chi connectivity index (χ3n) is 5.43. The molecule has 9 heteroatoms. The van der Waals surface area contributed by atoms with E-state index in [0.717, 1.165) is 15.4 Å². The molecule has 1 saturated carbocycles. The molecule has 3 aromatic rings. The molecule has 1 aliphatic carbocycles. The van der Waals surface area contributed by atoms with Crippen molar-refractivity contribution in [2.45, 2.75) is 25.7 Å². The van der Waals surface area contributed by atoms with Crippen LogP contribution in [0, 0.1) is 17.8 Å². The number of methoxy groups -OCH3 is 1. The number of carboxylic acids is 1. The molecular weight excluding hydrogens is 460 g/mol. The molecule has 170 valence electrons. The van der Waals surface area contributed by atoms with Gasteiger partial charge in [0.1, 0.15) is 15.8 Å². The molecule has 33 heavy (non-hydrogen) atoms. The monoisotopic (exact) mass is 482 g/mol. The minimum absolute atomic E-state index is 0.00205. The van der Waals surface area contributed by atoms with E-state index in [1.807, 2.05) is 24.3 Å². The van der Waals surface area contributed by atoms with Crippen LogP contribution in [0.1, 0.15) is 41.6 Å². The van der Waals surface area contributed by atoms with Gasteiger partial charge in [-0.2, -0.15) is 0 Å². The SMILES string of the molecule is COc1cc(C(=O)O)ccc1N(c1cnc(-c2ccc(C#CC3CCCC3)cc2)s1)[SH](=O)=O. The Kier molecular flexibility index (Phi) is 6.96. The number of thiazole rings is 1. The number of hydrogen-bond acceptors (Lipinski definition) is 6. The first-order valence-corrected chi connectivity index (χ1v) is 12.3. The Labute approximate surface area is 197 Å². The van der Waals surface area contributed by atoms with Crippen LogP contribution >= 0.6 is 11.3 Å². The third kappa shape index (κ3) is 5.18. The molecule has 0 aliphatic heterocycles. The van der Waals surface area contributed by atoms with E-state index >= 15 is 0 Å². The summed E-state index contributed by atoms with van der Waals surface area (Å²) in [5.74, 6) is 6.08. The highest BCUT2D eigenvalue weighted by Gasteiger charge is 2.21.